The minimum atomic E-state index is -1.30. The van der Waals surface area contributed by atoms with Crippen LogP contribution in [0.1, 0.15) is 101 Å². The maximum Gasteiger partial charge on any atom is 0.311 e. The molecule has 298 valence electrons. The Bertz CT molecular complexity index is 1150. The van der Waals surface area contributed by atoms with E-state index in [1.54, 1.807) is 27.9 Å². The van der Waals surface area contributed by atoms with Gasteiger partial charge in [-0.2, -0.15) is 0 Å². The molecule has 4 aliphatic rings. The Balaban J connectivity index is 1.83. The van der Waals surface area contributed by atoms with Gasteiger partial charge in [0.15, 0.2) is 12.6 Å². The molecule has 4 aliphatic heterocycles. The summed E-state index contributed by atoms with van der Waals surface area (Å²) >= 11 is 0. The lowest BCUT2D eigenvalue weighted by Crippen LogP contribution is -2.61. The third kappa shape index (κ3) is 9.47. The van der Waals surface area contributed by atoms with Crippen molar-refractivity contribution in [2.45, 2.75) is 186 Å². The number of cyclic esters (lactones) is 1. The second kappa shape index (κ2) is 16.8. The van der Waals surface area contributed by atoms with Crippen molar-refractivity contribution in [3.05, 3.63) is 0 Å². The van der Waals surface area contributed by atoms with E-state index in [-0.39, 0.29) is 30.5 Å². The van der Waals surface area contributed by atoms with Gasteiger partial charge in [-0.25, -0.2) is 0 Å². The van der Waals surface area contributed by atoms with Crippen LogP contribution in [-0.2, 0) is 38.0 Å². The van der Waals surface area contributed by atoms with E-state index in [0.717, 1.165) is 6.54 Å². The summed E-state index contributed by atoms with van der Waals surface area (Å²) in [4.78, 5) is 18.4. The molecule has 2 bridgehead atoms. The Morgan fingerprint density at radius 1 is 0.980 bits per heavy atom. The molecule has 0 aliphatic carbocycles. The summed E-state index contributed by atoms with van der Waals surface area (Å²) < 4.78 is 45.2. The zero-order valence-corrected chi connectivity index (χ0v) is 33.5. The smallest absolute Gasteiger partial charge is 0.311 e. The van der Waals surface area contributed by atoms with E-state index in [9.17, 15) is 20.1 Å². The van der Waals surface area contributed by atoms with E-state index in [4.69, 9.17) is 33.2 Å². The first-order valence-electron chi connectivity index (χ1n) is 19.2. The number of nitrogens with zero attached hydrogens (tertiary/aromatic N) is 2. The molecule has 13 heteroatoms. The molecular weight excluding hydrogens is 660 g/mol. The minimum Gasteiger partial charge on any atom is -0.459 e. The number of aliphatic hydroxyl groups excluding tert-OH is 2. The van der Waals surface area contributed by atoms with Gasteiger partial charge in [-0.1, -0.05) is 20.8 Å². The molecule has 0 aromatic carbocycles. The van der Waals surface area contributed by atoms with Gasteiger partial charge in [0.1, 0.15) is 30.6 Å². The molecular formula is C38H70N2O11. The summed E-state index contributed by atoms with van der Waals surface area (Å²) in [5.41, 5.74) is -3.17. The molecule has 3 N–H and O–H groups in total. The summed E-state index contributed by atoms with van der Waals surface area (Å²) in [6.07, 6.45) is -4.50. The maximum absolute atomic E-state index is 14.2. The summed E-state index contributed by atoms with van der Waals surface area (Å²) in [5.74, 6) is -1.73. The van der Waals surface area contributed by atoms with E-state index in [1.165, 1.54) is 0 Å². The topological polar surface area (TPSA) is 149 Å². The third-order valence-corrected chi connectivity index (χ3v) is 12.3. The number of aliphatic hydroxyl groups is 3. The number of likely N-dealkylation sites (N-methyl/N-ethyl adjacent to an activating group) is 1. The van der Waals surface area contributed by atoms with Crippen molar-refractivity contribution in [2.24, 2.45) is 17.8 Å². The fourth-order valence-corrected chi connectivity index (χ4v) is 9.16. The maximum atomic E-state index is 14.2. The molecule has 1 unspecified atom stereocenters. The van der Waals surface area contributed by atoms with Gasteiger partial charge in [-0.3, -0.25) is 9.69 Å². The number of fused-ring (bicyclic) bond motifs is 3. The predicted molar refractivity (Wildman–Crippen MR) is 191 cm³/mol. The van der Waals surface area contributed by atoms with Gasteiger partial charge in [0.05, 0.1) is 41.5 Å². The zero-order chi connectivity index (χ0) is 38.2. The molecule has 4 fully saturated rings. The molecule has 18 atom stereocenters. The Kier molecular flexibility index (Phi) is 14.1. The Morgan fingerprint density at radius 3 is 2.25 bits per heavy atom. The van der Waals surface area contributed by atoms with E-state index < -0.39 is 83.8 Å². The lowest BCUT2D eigenvalue weighted by atomic mass is 9.77. The summed E-state index contributed by atoms with van der Waals surface area (Å²) in [6, 6.07) is -0.271. The van der Waals surface area contributed by atoms with Crippen molar-refractivity contribution in [1.82, 2.24) is 9.80 Å². The van der Waals surface area contributed by atoms with Gasteiger partial charge in [0, 0.05) is 38.1 Å². The molecule has 4 heterocycles. The molecule has 0 amide bonds. The largest absolute Gasteiger partial charge is 0.459 e. The van der Waals surface area contributed by atoms with E-state index in [2.05, 4.69) is 18.7 Å². The highest BCUT2D eigenvalue weighted by Gasteiger charge is 2.53. The molecule has 0 aromatic rings. The van der Waals surface area contributed by atoms with Crippen LogP contribution >= 0.6 is 0 Å². The van der Waals surface area contributed by atoms with Crippen LogP contribution in [0.15, 0.2) is 0 Å². The van der Waals surface area contributed by atoms with Gasteiger partial charge >= 0.3 is 5.97 Å². The van der Waals surface area contributed by atoms with Crippen molar-refractivity contribution in [3.8, 4) is 0 Å². The number of methoxy groups -OCH3 is 1. The number of hydrogen-bond donors (Lipinski definition) is 3. The number of carbonyl (C=O) groups is 1. The Labute approximate surface area is 306 Å². The van der Waals surface area contributed by atoms with Crippen LogP contribution in [0.25, 0.3) is 0 Å². The van der Waals surface area contributed by atoms with E-state index in [0.29, 0.717) is 32.4 Å². The number of ether oxygens (including phenoxy) is 7. The van der Waals surface area contributed by atoms with Crippen molar-refractivity contribution in [1.29, 1.82) is 0 Å². The van der Waals surface area contributed by atoms with Crippen LogP contribution in [0.5, 0.6) is 0 Å². The minimum absolute atomic E-state index is 0.0770. The first-order valence-corrected chi connectivity index (χ1v) is 19.2. The van der Waals surface area contributed by atoms with E-state index >= 15 is 0 Å². The number of carbonyl (C=O) groups excluding carboxylic acids is 1. The highest BCUT2D eigenvalue weighted by atomic mass is 16.7. The highest BCUT2D eigenvalue weighted by molar-refractivity contribution is 5.73. The summed E-state index contributed by atoms with van der Waals surface area (Å²) in [6.45, 7) is 20.3. The lowest BCUT2D eigenvalue weighted by molar-refractivity contribution is -0.321. The van der Waals surface area contributed by atoms with Crippen molar-refractivity contribution in [3.63, 3.8) is 0 Å². The molecule has 13 nitrogen and oxygen atoms in total. The van der Waals surface area contributed by atoms with Gasteiger partial charge in [0.25, 0.3) is 0 Å². The SMILES string of the molecule is CC[C@H]1OC(=O)[C@H](C)[C@@H](O[C@H]2C[C@@](C)(OC)[C@@H](O)[C@H](C)O2)[C@H](C)[C@@H](O[C@@H]2O[C@H](C)C[C@H](N(C)C)[C@H]2O)[C@@]2(C)C[C@@H](C)CN(CO2)[C@@H](C)C[C@]1(C)O. The lowest BCUT2D eigenvalue weighted by Gasteiger charge is -2.49. The van der Waals surface area contributed by atoms with Crippen LogP contribution in [0, 0.1) is 17.8 Å². The van der Waals surface area contributed by atoms with E-state index in [1.807, 2.05) is 53.6 Å². The van der Waals surface area contributed by atoms with Crippen molar-refractivity contribution >= 4 is 5.97 Å². The quantitative estimate of drug-likeness (QED) is 0.330. The summed E-state index contributed by atoms with van der Waals surface area (Å²) in [5, 5.41) is 34.4. The fourth-order valence-electron chi connectivity index (χ4n) is 9.16. The first-order chi connectivity index (χ1) is 23.7. The van der Waals surface area contributed by atoms with Crippen LogP contribution in [0.2, 0.25) is 0 Å². The van der Waals surface area contributed by atoms with Crippen LogP contribution in [0.3, 0.4) is 0 Å². The van der Waals surface area contributed by atoms with Gasteiger partial charge in [0.2, 0.25) is 0 Å². The zero-order valence-electron chi connectivity index (χ0n) is 33.5. The molecule has 4 rings (SSSR count). The van der Waals surface area contributed by atoms with Crippen molar-refractivity contribution < 1.29 is 53.3 Å². The van der Waals surface area contributed by atoms with Crippen LogP contribution < -0.4 is 0 Å². The van der Waals surface area contributed by atoms with Gasteiger partial charge in [-0.05, 0) is 94.2 Å². The van der Waals surface area contributed by atoms with Crippen LogP contribution in [0.4, 0.5) is 0 Å². The normalized spacial score (nSPS) is 50.8. The van der Waals surface area contributed by atoms with Gasteiger partial charge < -0.3 is 53.4 Å². The molecule has 0 spiro atoms. The molecule has 0 saturated carbocycles. The third-order valence-electron chi connectivity index (χ3n) is 12.3. The average molecular weight is 731 g/mol. The molecule has 0 radical (unpaired) electrons. The number of rotatable bonds is 7. The monoisotopic (exact) mass is 730 g/mol. The summed E-state index contributed by atoms with van der Waals surface area (Å²) in [7, 11) is 5.43. The first kappa shape index (κ1) is 42.8. The predicted octanol–water partition coefficient (Wildman–Crippen LogP) is 3.30. The fraction of sp³-hybridized carbons (Fsp3) is 0.974. The standard InChI is InChI=1S/C38H70N2O11/c1-14-28-36(8,44)17-22(3)40-19-21(2)16-38(10,46-20-40)33(51-35-30(41)27(39(11)12)15-23(4)47-35)24(5)31(25(6)34(43)49-28)50-29-18-37(9,45-13)32(42)26(7)48-29/h21-33,35,41-42,44H,14-20H2,1-13H3/t21-,22+,23-,24+,25-,26+,27+,28-,29+,30-,31+,32+,33-,35+,36+,37-,38-/m1/s1. The number of esters is 1. The van der Waals surface area contributed by atoms with Gasteiger partial charge in [-0.15, -0.1) is 0 Å². The highest BCUT2D eigenvalue weighted by Crippen LogP contribution is 2.42. The Hall–Kier alpha value is -0.970. The van der Waals surface area contributed by atoms with Crippen molar-refractivity contribution in [2.75, 3.05) is 34.5 Å². The Morgan fingerprint density at radius 2 is 1.65 bits per heavy atom. The average Bonchev–Trinajstić information content (AvgIpc) is 3.21. The van der Waals surface area contributed by atoms with Crippen LogP contribution in [-0.4, -0.2) is 150 Å². The second-order valence-electron chi connectivity index (χ2n) is 17.2. The number of hydrogen-bond acceptors (Lipinski definition) is 13. The molecule has 51 heavy (non-hydrogen) atoms. The second-order valence-corrected chi connectivity index (χ2v) is 17.2. The molecule has 0 aromatic heterocycles. The molecule has 4 saturated heterocycles.